The molecule has 0 unspecified atom stereocenters. The van der Waals surface area contributed by atoms with Crippen LogP contribution in [-0.4, -0.2) is 20.4 Å². The summed E-state index contributed by atoms with van der Waals surface area (Å²) in [6.45, 7) is 0.403. The molecule has 0 aliphatic rings. The number of methoxy groups -OCH3 is 2. The molecule has 1 N–H and O–H groups in total. The molecule has 0 fully saturated rings. The van der Waals surface area contributed by atoms with E-state index in [0.717, 1.165) is 5.56 Å². The molecule has 0 bridgehead atoms. The number of rotatable bonds is 6. The fourth-order valence-electron chi connectivity index (χ4n) is 1.91. The zero-order valence-electron chi connectivity index (χ0n) is 12.6. The van der Waals surface area contributed by atoms with Gasteiger partial charge in [-0.3, -0.25) is 0 Å². The first kappa shape index (κ1) is 17.7. The number of benzene rings is 2. The molecule has 0 aliphatic carbocycles. The minimum atomic E-state index is 0.403. The Morgan fingerprint density at radius 1 is 1.00 bits per heavy atom. The lowest BCUT2D eigenvalue weighted by molar-refractivity contribution is 0.355. The number of hydrogen-bond donors (Lipinski definition) is 1. The molecule has 23 heavy (non-hydrogen) atoms. The van der Waals surface area contributed by atoms with Crippen molar-refractivity contribution in [1.82, 2.24) is 5.43 Å². The van der Waals surface area contributed by atoms with E-state index in [1.165, 1.54) is 0 Å². The highest BCUT2D eigenvalue weighted by atomic mass is 35.5. The van der Waals surface area contributed by atoms with Crippen molar-refractivity contribution in [1.29, 1.82) is 0 Å². The second kappa shape index (κ2) is 8.29. The fourth-order valence-corrected chi connectivity index (χ4v) is 2.64. The summed E-state index contributed by atoms with van der Waals surface area (Å²) in [5.41, 5.74) is 4.38. The van der Waals surface area contributed by atoms with Crippen molar-refractivity contribution in [3.8, 4) is 11.5 Å². The average Bonchev–Trinajstić information content (AvgIpc) is 2.54. The Kier molecular flexibility index (Phi) is 6.39. The van der Waals surface area contributed by atoms with Crippen LogP contribution in [0.1, 0.15) is 11.1 Å². The molecule has 7 heteroatoms. The van der Waals surface area contributed by atoms with Gasteiger partial charge in [0.1, 0.15) is 0 Å². The maximum Gasteiger partial charge on any atom is 0.162 e. The zero-order valence-corrected chi connectivity index (χ0v) is 14.8. The van der Waals surface area contributed by atoms with Gasteiger partial charge >= 0.3 is 0 Å². The predicted molar refractivity (Wildman–Crippen MR) is 95.5 cm³/mol. The molecule has 0 atom stereocenters. The minimum absolute atomic E-state index is 0.403. The number of nitrogens with one attached hydrogen (secondary N) is 1. The Morgan fingerprint density at radius 2 is 1.61 bits per heavy atom. The number of hydrogen-bond acceptors (Lipinski definition) is 4. The monoisotopic (exact) mass is 372 g/mol. The Hall–Kier alpha value is -1.62. The first-order valence-electron chi connectivity index (χ1n) is 6.67. The molecule has 0 aromatic heterocycles. The van der Waals surface area contributed by atoms with Crippen molar-refractivity contribution < 1.29 is 9.47 Å². The van der Waals surface area contributed by atoms with Gasteiger partial charge in [-0.15, -0.1) is 0 Å². The van der Waals surface area contributed by atoms with Crippen LogP contribution in [0.2, 0.25) is 15.1 Å². The number of hydrazone groups is 1. The van der Waals surface area contributed by atoms with Gasteiger partial charge in [0, 0.05) is 27.2 Å². The average molecular weight is 374 g/mol. The van der Waals surface area contributed by atoms with Crippen LogP contribution in [-0.2, 0) is 6.54 Å². The lowest BCUT2D eigenvalue weighted by Gasteiger charge is -2.09. The van der Waals surface area contributed by atoms with E-state index in [4.69, 9.17) is 44.3 Å². The molecule has 2 aromatic carbocycles. The summed E-state index contributed by atoms with van der Waals surface area (Å²) in [5, 5.41) is 5.82. The molecule has 0 spiro atoms. The van der Waals surface area contributed by atoms with Gasteiger partial charge < -0.3 is 14.9 Å². The molecular weight excluding hydrogens is 359 g/mol. The lowest BCUT2D eigenvalue weighted by Crippen LogP contribution is -2.07. The van der Waals surface area contributed by atoms with Gasteiger partial charge in [0.25, 0.3) is 0 Å². The quantitative estimate of drug-likeness (QED) is 0.585. The molecular formula is C16H15Cl3N2O2. The first-order valence-corrected chi connectivity index (χ1v) is 7.80. The maximum absolute atomic E-state index is 6.19. The second-order valence-electron chi connectivity index (χ2n) is 4.52. The standard InChI is InChI=1S/C16H15Cl3N2O2/c1-22-15-6-10(14(19)7-16(15)23-2)8-20-21-9-11-12(17)4-3-5-13(11)18/h3-8,21H,9H2,1-2H3/b20-8+. The summed E-state index contributed by atoms with van der Waals surface area (Å²) in [6.07, 6.45) is 1.59. The third-order valence-corrected chi connectivity index (χ3v) is 4.15. The van der Waals surface area contributed by atoms with Crippen LogP contribution in [0.5, 0.6) is 11.5 Å². The van der Waals surface area contributed by atoms with Crippen LogP contribution in [0.3, 0.4) is 0 Å². The van der Waals surface area contributed by atoms with E-state index in [1.54, 1.807) is 50.8 Å². The summed E-state index contributed by atoms with van der Waals surface area (Å²) in [7, 11) is 3.11. The molecule has 0 amide bonds. The van der Waals surface area contributed by atoms with Crippen LogP contribution >= 0.6 is 34.8 Å². The number of ether oxygens (including phenoxy) is 2. The van der Waals surface area contributed by atoms with Gasteiger partial charge in [-0.25, -0.2) is 0 Å². The Balaban J connectivity index is 2.09. The Morgan fingerprint density at radius 3 is 2.22 bits per heavy atom. The van der Waals surface area contributed by atoms with E-state index in [9.17, 15) is 0 Å². The topological polar surface area (TPSA) is 42.8 Å². The van der Waals surface area contributed by atoms with E-state index in [-0.39, 0.29) is 0 Å². The molecule has 0 saturated carbocycles. The van der Waals surface area contributed by atoms with E-state index in [0.29, 0.717) is 38.7 Å². The van der Waals surface area contributed by atoms with E-state index in [1.807, 2.05) is 0 Å². The minimum Gasteiger partial charge on any atom is -0.493 e. The largest absolute Gasteiger partial charge is 0.493 e. The summed E-state index contributed by atoms with van der Waals surface area (Å²) >= 11 is 18.4. The summed E-state index contributed by atoms with van der Waals surface area (Å²) < 4.78 is 10.4. The third kappa shape index (κ3) is 4.44. The fraction of sp³-hybridized carbons (Fsp3) is 0.188. The highest BCUT2D eigenvalue weighted by Gasteiger charge is 2.08. The van der Waals surface area contributed by atoms with Crippen molar-refractivity contribution in [2.45, 2.75) is 6.54 Å². The van der Waals surface area contributed by atoms with Gasteiger partial charge in [-0.1, -0.05) is 40.9 Å². The van der Waals surface area contributed by atoms with Crippen LogP contribution in [0.15, 0.2) is 35.4 Å². The highest BCUT2D eigenvalue weighted by molar-refractivity contribution is 6.36. The molecule has 2 aromatic rings. The third-order valence-electron chi connectivity index (χ3n) is 3.12. The van der Waals surface area contributed by atoms with Crippen molar-refractivity contribution in [2.24, 2.45) is 5.10 Å². The lowest BCUT2D eigenvalue weighted by atomic mass is 10.2. The zero-order chi connectivity index (χ0) is 16.8. The highest BCUT2D eigenvalue weighted by Crippen LogP contribution is 2.32. The summed E-state index contributed by atoms with van der Waals surface area (Å²) in [6, 6.07) is 8.76. The van der Waals surface area contributed by atoms with E-state index >= 15 is 0 Å². The van der Waals surface area contributed by atoms with Gasteiger partial charge in [0.05, 0.1) is 32.0 Å². The van der Waals surface area contributed by atoms with Crippen molar-refractivity contribution in [3.63, 3.8) is 0 Å². The van der Waals surface area contributed by atoms with Crippen LogP contribution in [0.4, 0.5) is 0 Å². The Bertz CT molecular complexity index is 700. The summed E-state index contributed by atoms with van der Waals surface area (Å²) in [5.74, 6) is 1.14. The molecule has 0 aliphatic heterocycles. The maximum atomic E-state index is 6.19. The molecule has 122 valence electrons. The molecule has 4 nitrogen and oxygen atoms in total. The molecule has 0 radical (unpaired) electrons. The van der Waals surface area contributed by atoms with Crippen molar-refractivity contribution in [3.05, 3.63) is 56.5 Å². The van der Waals surface area contributed by atoms with E-state index in [2.05, 4.69) is 10.5 Å². The van der Waals surface area contributed by atoms with Gasteiger partial charge in [-0.05, 0) is 18.2 Å². The molecule has 0 heterocycles. The van der Waals surface area contributed by atoms with Gasteiger partial charge in [0.2, 0.25) is 0 Å². The Labute approximate surface area is 150 Å². The van der Waals surface area contributed by atoms with Crippen LogP contribution in [0.25, 0.3) is 0 Å². The van der Waals surface area contributed by atoms with Gasteiger partial charge in [0.15, 0.2) is 11.5 Å². The first-order chi connectivity index (χ1) is 11.1. The van der Waals surface area contributed by atoms with E-state index < -0.39 is 0 Å². The summed E-state index contributed by atoms with van der Waals surface area (Å²) in [4.78, 5) is 0. The smallest absolute Gasteiger partial charge is 0.162 e. The van der Waals surface area contributed by atoms with Crippen molar-refractivity contribution >= 4 is 41.0 Å². The normalized spacial score (nSPS) is 10.8. The molecule has 2 rings (SSSR count). The van der Waals surface area contributed by atoms with Crippen LogP contribution < -0.4 is 14.9 Å². The number of nitrogens with zero attached hydrogens (tertiary/aromatic N) is 1. The number of halogens is 3. The van der Waals surface area contributed by atoms with Gasteiger partial charge in [-0.2, -0.15) is 5.10 Å². The SMILES string of the molecule is COc1cc(Cl)c(/C=N/NCc2c(Cl)cccc2Cl)cc1OC. The van der Waals surface area contributed by atoms with Crippen LogP contribution in [0, 0.1) is 0 Å². The predicted octanol–water partition coefficient (Wildman–Crippen LogP) is 4.79. The van der Waals surface area contributed by atoms with Crippen molar-refractivity contribution in [2.75, 3.05) is 14.2 Å². The molecule has 0 saturated heterocycles. The second-order valence-corrected chi connectivity index (χ2v) is 5.74.